The van der Waals surface area contributed by atoms with Crippen LogP contribution >= 0.6 is 0 Å². The average Bonchev–Trinajstić information content (AvgIpc) is 3.23. The highest BCUT2D eigenvalue weighted by molar-refractivity contribution is 5.98. The summed E-state index contributed by atoms with van der Waals surface area (Å²) in [5.74, 6) is -1.30. The molecule has 6 rings (SSSR count). The van der Waals surface area contributed by atoms with Crippen molar-refractivity contribution in [3.05, 3.63) is 62.9 Å². The number of rotatable bonds is 3. The molecule has 0 saturated carbocycles. The van der Waals surface area contributed by atoms with Gasteiger partial charge in [0.05, 0.1) is 42.2 Å². The number of nitrogen functional groups attached to an aromatic ring is 1. The maximum Gasteiger partial charge on any atom is 0.355 e. The van der Waals surface area contributed by atoms with Crippen molar-refractivity contribution >= 4 is 34.1 Å². The first kappa shape index (κ1) is 22.5. The van der Waals surface area contributed by atoms with E-state index in [1.165, 1.54) is 6.92 Å². The van der Waals surface area contributed by atoms with Crippen LogP contribution in [0.4, 0.5) is 5.69 Å². The molecule has 1 atom stereocenters. The van der Waals surface area contributed by atoms with Crippen molar-refractivity contribution in [3.8, 4) is 11.4 Å². The third kappa shape index (κ3) is 3.12. The Hall–Kier alpha value is -3.98. The molecule has 2 N–H and O–H groups in total. The van der Waals surface area contributed by atoms with Crippen LogP contribution in [0.5, 0.6) is 0 Å². The number of hydrogen-bond acceptors (Lipinski definition) is 8. The molecule has 0 radical (unpaired) electrons. The number of aromatic nitrogens is 2. The van der Waals surface area contributed by atoms with Crippen LogP contribution in [0.2, 0.25) is 0 Å². The van der Waals surface area contributed by atoms with E-state index in [-0.39, 0.29) is 18.6 Å². The maximum absolute atomic E-state index is 13.8. The van der Waals surface area contributed by atoms with Crippen molar-refractivity contribution in [3.63, 3.8) is 0 Å². The summed E-state index contributed by atoms with van der Waals surface area (Å²) in [7, 11) is 0. The lowest BCUT2D eigenvalue weighted by Gasteiger charge is -2.35. The minimum absolute atomic E-state index is 0.136. The summed E-state index contributed by atoms with van der Waals surface area (Å²) in [4.78, 5) is 43.6. The minimum Gasteiger partial charge on any atom is -0.457 e. The number of pyridine rings is 2. The third-order valence-corrected chi connectivity index (χ3v) is 7.28. The highest BCUT2D eigenvalue weighted by Gasteiger charge is 2.50. The van der Waals surface area contributed by atoms with Crippen molar-refractivity contribution < 1.29 is 23.8 Å². The van der Waals surface area contributed by atoms with Gasteiger partial charge in [0.1, 0.15) is 6.61 Å². The Kier molecular flexibility index (Phi) is 5.01. The van der Waals surface area contributed by atoms with E-state index in [0.29, 0.717) is 48.0 Å². The zero-order chi connectivity index (χ0) is 25.2. The topological polar surface area (TPSA) is 123 Å². The number of carbonyl (C=O) groups excluding carboxylic acids is 2. The summed E-state index contributed by atoms with van der Waals surface area (Å²) in [6, 6.07) is 7.37. The van der Waals surface area contributed by atoms with E-state index >= 15 is 0 Å². The Bertz CT molecular complexity index is 1570. The van der Waals surface area contributed by atoms with Crippen molar-refractivity contribution in [2.24, 2.45) is 0 Å². The van der Waals surface area contributed by atoms with Gasteiger partial charge < -0.3 is 24.5 Å². The van der Waals surface area contributed by atoms with Crippen LogP contribution in [0, 0.1) is 0 Å². The summed E-state index contributed by atoms with van der Waals surface area (Å²) < 4.78 is 18.1. The Morgan fingerprint density at radius 2 is 2.08 bits per heavy atom. The number of nitrogens with zero attached hydrogens (tertiary/aromatic N) is 2. The molecule has 36 heavy (non-hydrogen) atoms. The smallest absolute Gasteiger partial charge is 0.355 e. The van der Waals surface area contributed by atoms with Crippen LogP contribution in [0.25, 0.3) is 27.9 Å². The predicted octanol–water partition coefficient (Wildman–Crippen LogP) is 3.04. The van der Waals surface area contributed by atoms with Crippen LogP contribution in [-0.4, -0.2) is 34.7 Å². The molecular weight excluding hydrogens is 462 g/mol. The Balaban J connectivity index is 1.65. The highest BCUT2D eigenvalue weighted by atomic mass is 16.6. The average molecular weight is 488 g/mol. The van der Waals surface area contributed by atoms with Crippen LogP contribution in [0.15, 0.2) is 35.1 Å². The summed E-state index contributed by atoms with van der Waals surface area (Å²) in [6.45, 7) is 4.23. The molecule has 0 bridgehead atoms. The van der Waals surface area contributed by atoms with Crippen LogP contribution < -0.4 is 11.3 Å². The van der Waals surface area contributed by atoms with Crippen LogP contribution in [-0.2, 0) is 42.6 Å². The second kappa shape index (κ2) is 8.03. The number of cyclic esters (lactones) is 1. The molecule has 5 heterocycles. The molecule has 0 saturated heterocycles. The molecule has 3 aromatic rings. The molecular formula is C27H25N3O6. The molecule has 184 valence electrons. The fraction of sp³-hybridized carbons (Fsp3) is 0.333. The van der Waals surface area contributed by atoms with Gasteiger partial charge in [-0.25, -0.2) is 9.78 Å². The van der Waals surface area contributed by atoms with Crippen molar-refractivity contribution in [1.82, 2.24) is 9.55 Å². The number of benzene rings is 1. The SMILES string of the molecule is CC[C@@]1(OC(C)=O)C(=O)OCc2c1cc1n(c2=O)Cc2c-1nc1ccc(N)cc1c2C1=CCOCC1. The lowest BCUT2D eigenvalue weighted by Crippen LogP contribution is -2.47. The number of ether oxygens (including phenoxy) is 3. The highest BCUT2D eigenvalue weighted by Crippen LogP contribution is 2.44. The Morgan fingerprint density at radius 3 is 2.81 bits per heavy atom. The van der Waals surface area contributed by atoms with Gasteiger partial charge in [-0.15, -0.1) is 0 Å². The Morgan fingerprint density at radius 1 is 1.25 bits per heavy atom. The van der Waals surface area contributed by atoms with E-state index in [9.17, 15) is 14.4 Å². The van der Waals surface area contributed by atoms with E-state index in [4.69, 9.17) is 24.9 Å². The summed E-state index contributed by atoms with van der Waals surface area (Å²) in [6.07, 6.45) is 2.93. The van der Waals surface area contributed by atoms with E-state index < -0.39 is 17.5 Å². The van der Waals surface area contributed by atoms with Crippen LogP contribution in [0.1, 0.15) is 48.9 Å². The van der Waals surface area contributed by atoms with Gasteiger partial charge in [0.25, 0.3) is 5.56 Å². The number of fused-ring (bicyclic) bond motifs is 5. The molecule has 3 aliphatic rings. The Labute approximate surface area is 206 Å². The van der Waals surface area contributed by atoms with E-state index in [1.807, 2.05) is 12.1 Å². The minimum atomic E-state index is -1.67. The fourth-order valence-electron chi connectivity index (χ4n) is 5.62. The quantitative estimate of drug-likeness (QED) is 0.346. The maximum atomic E-state index is 13.8. The standard InChI is InChI=1S/C27H25N3O6/c1-3-27(36-14(2)31)20-11-22-24-18(12-30(22)25(32)19(20)13-35-26(27)33)23(15-6-8-34-9-7-15)17-10-16(28)4-5-21(17)29-24/h4-6,10-11H,3,7-9,12-13,28H2,1-2H3/t27-/m0/s1. The molecule has 3 aliphatic heterocycles. The van der Waals surface area contributed by atoms with Gasteiger partial charge in [-0.05, 0) is 48.2 Å². The normalized spacial score (nSPS) is 20.3. The van der Waals surface area contributed by atoms with Crippen molar-refractivity contribution in [2.45, 2.75) is 45.4 Å². The summed E-state index contributed by atoms with van der Waals surface area (Å²) in [5.41, 5.74) is 10.6. The molecule has 0 spiro atoms. The van der Waals surface area contributed by atoms with Gasteiger partial charge >= 0.3 is 11.9 Å². The third-order valence-electron chi connectivity index (χ3n) is 7.28. The van der Waals surface area contributed by atoms with Gasteiger partial charge in [0.2, 0.25) is 5.60 Å². The molecule has 0 aliphatic carbocycles. The molecule has 9 heteroatoms. The second-order valence-electron chi connectivity index (χ2n) is 9.31. The first-order chi connectivity index (χ1) is 17.3. The molecule has 2 aromatic heterocycles. The second-order valence-corrected chi connectivity index (χ2v) is 9.31. The van der Waals surface area contributed by atoms with Gasteiger partial charge in [-0.2, -0.15) is 0 Å². The molecule has 0 fully saturated rings. The molecule has 0 amide bonds. The molecule has 0 unspecified atom stereocenters. The largest absolute Gasteiger partial charge is 0.457 e. The molecule has 9 nitrogen and oxygen atoms in total. The first-order valence-electron chi connectivity index (χ1n) is 12.0. The van der Waals surface area contributed by atoms with Gasteiger partial charge in [0, 0.05) is 29.1 Å². The van der Waals surface area contributed by atoms with Gasteiger partial charge in [-0.1, -0.05) is 13.0 Å². The number of anilines is 1. The number of hydrogen-bond donors (Lipinski definition) is 1. The number of esters is 2. The van der Waals surface area contributed by atoms with Crippen molar-refractivity contribution in [1.29, 1.82) is 0 Å². The van der Waals surface area contributed by atoms with Crippen molar-refractivity contribution in [2.75, 3.05) is 18.9 Å². The zero-order valence-electron chi connectivity index (χ0n) is 20.1. The number of carbonyl (C=O) groups is 2. The van der Waals surface area contributed by atoms with Crippen LogP contribution in [0.3, 0.4) is 0 Å². The summed E-state index contributed by atoms with van der Waals surface area (Å²) in [5, 5.41) is 0.925. The van der Waals surface area contributed by atoms with Gasteiger partial charge in [0.15, 0.2) is 0 Å². The lowest BCUT2D eigenvalue weighted by molar-refractivity contribution is -0.188. The zero-order valence-corrected chi connectivity index (χ0v) is 20.1. The van der Waals surface area contributed by atoms with E-state index in [1.54, 1.807) is 23.6 Å². The lowest BCUT2D eigenvalue weighted by atomic mass is 9.85. The first-order valence-corrected chi connectivity index (χ1v) is 12.0. The predicted molar refractivity (Wildman–Crippen MR) is 132 cm³/mol. The van der Waals surface area contributed by atoms with E-state index in [2.05, 4.69) is 6.08 Å². The number of nitrogens with two attached hydrogens (primary N) is 1. The van der Waals surface area contributed by atoms with E-state index in [0.717, 1.165) is 34.0 Å². The summed E-state index contributed by atoms with van der Waals surface area (Å²) >= 11 is 0. The van der Waals surface area contributed by atoms with Gasteiger partial charge in [-0.3, -0.25) is 9.59 Å². The monoisotopic (exact) mass is 487 g/mol. The molecule has 1 aromatic carbocycles. The fourth-order valence-corrected chi connectivity index (χ4v) is 5.62.